The van der Waals surface area contributed by atoms with Crippen LogP contribution in [0, 0.1) is 5.92 Å². The molecule has 1 aromatic carbocycles. The van der Waals surface area contributed by atoms with Crippen LogP contribution in [0.5, 0.6) is 5.75 Å². The number of carbonyl (C=O) groups excluding carboxylic acids is 2. The number of ether oxygens (including phenoxy) is 2. The Hall–Kier alpha value is -2.45. The lowest BCUT2D eigenvalue weighted by Gasteiger charge is -2.35. The Morgan fingerprint density at radius 3 is 2.21 bits per heavy atom. The van der Waals surface area contributed by atoms with Crippen molar-refractivity contribution in [2.75, 3.05) is 18.5 Å². The number of unbranched alkanes of at least 4 members (excludes halogenated alkanes) is 1. The van der Waals surface area contributed by atoms with Gasteiger partial charge in [-0.05, 0) is 43.5 Å². The van der Waals surface area contributed by atoms with E-state index in [2.05, 4.69) is 10.1 Å². The van der Waals surface area contributed by atoms with E-state index >= 15 is 0 Å². The number of amides is 1. The molecule has 164 valence electrons. The minimum absolute atomic E-state index is 0.0249. The van der Waals surface area contributed by atoms with Crippen LogP contribution in [0.1, 0.15) is 47.0 Å². The van der Waals surface area contributed by atoms with Gasteiger partial charge in [0.15, 0.2) is 0 Å². The summed E-state index contributed by atoms with van der Waals surface area (Å²) in [5.74, 6) is -2.26. The van der Waals surface area contributed by atoms with Gasteiger partial charge in [-0.25, -0.2) is 4.79 Å². The van der Waals surface area contributed by atoms with Gasteiger partial charge in [-0.15, -0.1) is 0 Å². The molecule has 6 nitrogen and oxygen atoms in total. The second-order valence-corrected chi connectivity index (χ2v) is 6.97. The average molecular weight is 418 g/mol. The SMILES string of the molecule is CCCCOc1ccc(N[C@@](NC(=O)CC(C)C)(C(=O)OCC)C(F)(F)F)cc1. The van der Waals surface area contributed by atoms with Gasteiger partial charge >= 0.3 is 17.8 Å². The van der Waals surface area contributed by atoms with Gasteiger partial charge in [-0.2, -0.15) is 13.2 Å². The lowest BCUT2D eigenvalue weighted by atomic mass is 10.1. The van der Waals surface area contributed by atoms with Crippen LogP contribution in [0.2, 0.25) is 0 Å². The number of hydrogen-bond acceptors (Lipinski definition) is 5. The van der Waals surface area contributed by atoms with E-state index in [-0.39, 0.29) is 24.6 Å². The summed E-state index contributed by atoms with van der Waals surface area (Å²) in [5, 5.41) is 3.94. The Labute approximate surface area is 169 Å². The fourth-order valence-electron chi connectivity index (χ4n) is 2.45. The molecule has 0 saturated carbocycles. The quantitative estimate of drug-likeness (QED) is 0.319. The molecule has 29 heavy (non-hydrogen) atoms. The number of halogens is 3. The van der Waals surface area contributed by atoms with E-state index in [9.17, 15) is 22.8 Å². The number of hydrogen-bond donors (Lipinski definition) is 2. The van der Waals surface area contributed by atoms with Crippen LogP contribution in [0.25, 0.3) is 0 Å². The van der Waals surface area contributed by atoms with Crippen molar-refractivity contribution < 1.29 is 32.2 Å². The number of rotatable bonds is 11. The summed E-state index contributed by atoms with van der Waals surface area (Å²) < 4.78 is 52.2. The highest BCUT2D eigenvalue weighted by atomic mass is 19.4. The van der Waals surface area contributed by atoms with E-state index in [1.54, 1.807) is 13.8 Å². The maximum Gasteiger partial charge on any atom is 0.441 e. The van der Waals surface area contributed by atoms with Crippen molar-refractivity contribution in [3.05, 3.63) is 24.3 Å². The molecule has 0 heterocycles. The molecular formula is C20H29F3N2O4. The second kappa shape index (κ2) is 10.9. The zero-order valence-corrected chi connectivity index (χ0v) is 17.2. The molecule has 0 aliphatic carbocycles. The van der Waals surface area contributed by atoms with E-state index in [4.69, 9.17) is 4.74 Å². The molecule has 0 fully saturated rings. The van der Waals surface area contributed by atoms with Crippen LogP contribution in [-0.2, 0) is 14.3 Å². The highest BCUT2D eigenvalue weighted by molar-refractivity contribution is 5.91. The van der Waals surface area contributed by atoms with Gasteiger partial charge < -0.3 is 20.1 Å². The van der Waals surface area contributed by atoms with Crippen LogP contribution < -0.4 is 15.4 Å². The predicted octanol–water partition coefficient (Wildman–Crippen LogP) is 4.26. The molecule has 0 radical (unpaired) electrons. The minimum atomic E-state index is -5.15. The monoisotopic (exact) mass is 418 g/mol. The fourth-order valence-corrected chi connectivity index (χ4v) is 2.45. The zero-order chi connectivity index (χ0) is 22.1. The highest BCUT2D eigenvalue weighted by Gasteiger charge is 2.63. The van der Waals surface area contributed by atoms with E-state index in [0.717, 1.165) is 12.8 Å². The molecule has 9 heteroatoms. The van der Waals surface area contributed by atoms with Crippen molar-refractivity contribution in [1.29, 1.82) is 0 Å². The lowest BCUT2D eigenvalue weighted by Crippen LogP contribution is -2.69. The third-order valence-corrected chi connectivity index (χ3v) is 3.88. The summed E-state index contributed by atoms with van der Waals surface area (Å²) in [6.45, 7) is 6.98. The standard InChI is InChI=1S/C20H29F3N2O4/c1-5-7-12-29-16-10-8-15(9-11-16)24-19(20(21,22)23,18(27)28-6-2)25-17(26)13-14(3)4/h8-11,14,24H,5-7,12-13H2,1-4H3,(H,25,26)/t19-/m1/s1. The first-order chi connectivity index (χ1) is 13.6. The molecule has 0 saturated heterocycles. The first kappa shape index (κ1) is 24.6. The molecule has 0 unspecified atom stereocenters. The van der Waals surface area contributed by atoms with Crippen molar-refractivity contribution in [3.63, 3.8) is 0 Å². The molecule has 2 N–H and O–H groups in total. The van der Waals surface area contributed by atoms with Crippen molar-refractivity contribution in [2.24, 2.45) is 5.92 Å². The van der Waals surface area contributed by atoms with Crippen LogP contribution in [0.4, 0.5) is 18.9 Å². The van der Waals surface area contributed by atoms with Crippen molar-refractivity contribution in [3.8, 4) is 5.75 Å². The predicted molar refractivity (Wildman–Crippen MR) is 103 cm³/mol. The molecule has 1 aromatic rings. The Bertz CT molecular complexity index is 663. The van der Waals surface area contributed by atoms with Gasteiger partial charge in [-0.1, -0.05) is 27.2 Å². The number of alkyl halides is 3. The Morgan fingerprint density at radius 1 is 1.10 bits per heavy atom. The number of benzene rings is 1. The van der Waals surface area contributed by atoms with Gasteiger partial charge in [-0.3, -0.25) is 4.79 Å². The highest BCUT2D eigenvalue weighted by Crippen LogP contribution is 2.34. The van der Waals surface area contributed by atoms with Gasteiger partial charge in [0.05, 0.1) is 13.2 Å². The van der Waals surface area contributed by atoms with Crippen molar-refractivity contribution in [2.45, 2.75) is 58.8 Å². The topological polar surface area (TPSA) is 76.7 Å². The number of anilines is 1. The van der Waals surface area contributed by atoms with E-state index in [1.165, 1.54) is 31.2 Å². The van der Waals surface area contributed by atoms with Crippen LogP contribution in [-0.4, -0.2) is 36.9 Å². The lowest BCUT2D eigenvalue weighted by molar-refractivity contribution is -0.208. The molecule has 0 aliphatic rings. The molecule has 0 bridgehead atoms. The summed E-state index contributed by atoms with van der Waals surface area (Å²) in [5.41, 5.74) is -3.43. The summed E-state index contributed by atoms with van der Waals surface area (Å²) in [6.07, 6.45) is -3.53. The summed E-state index contributed by atoms with van der Waals surface area (Å²) in [7, 11) is 0. The first-order valence-electron chi connectivity index (χ1n) is 9.61. The number of nitrogens with one attached hydrogen (secondary N) is 2. The fraction of sp³-hybridized carbons (Fsp3) is 0.600. The maximum absolute atomic E-state index is 14.0. The summed E-state index contributed by atoms with van der Waals surface area (Å²) in [6, 6.07) is 5.66. The largest absolute Gasteiger partial charge is 0.494 e. The first-order valence-corrected chi connectivity index (χ1v) is 9.61. The third-order valence-electron chi connectivity index (χ3n) is 3.88. The third kappa shape index (κ3) is 7.14. The average Bonchev–Trinajstić information content (AvgIpc) is 2.61. The Balaban J connectivity index is 3.18. The van der Waals surface area contributed by atoms with Crippen LogP contribution in [0.3, 0.4) is 0 Å². The Kier molecular flexibility index (Phi) is 9.26. The molecule has 0 spiro atoms. The van der Waals surface area contributed by atoms with Gasteiger partial charge in [0.25, 0.3) is 0 Å². The normalized spacial score (nSPS) is 13.5. The van der Waals surface area contributed by atoms with Crippen LogP contribution in [0.15, 0.2) is 24.3 Å². The second-order valence-electron chi connectivity index (χ2n) is 6.97. The van der Waals surface area contributed by atoms with Crippen molar-refractivity contribution >= 4 is 17.6 Å². The number of carbonyl (C=O) groups is 2. The summed E-state index contributed by atoms with van der Waals surface area (Å²) >= 11 is 0. The van der Waals surface area contributed by atoms with Gasteiger partial charge in [0, 0.05) is 12.1 Å². The maximum atomic E-state index is 14.0. The molecule has 1 atom stereocenters. The molecule has 1 amide bonds. The van der Waals surface area contributed by atoms with Gasteiger partial charge in [0.2, 0.25) is 5.91 Å². The smallest absolute Gasteiger partial charge is 0.441 e. The molecular weight excluding hydrogens is 389 g/mol. The Morgan fingerprint density at radius 2 is 1.72 bits per heavy atom. The van der Waals surface area contributed by atoms with E-state index < -0.39 is 23.7 Å². The number of esters is 1. The molecule has 1 rings (SSSR count). The molecule has 0 aromatic heterocycles. The van der Waals surface area contributed by atoms with Crippen molar-refractivity contribution in [1.82, 2.24) is 5.32 Å². The summed E-state index contributed by atoms with van der Waals surface area (Å²) in [4.78, 5) is 24.5. The zero-order valence-electron chi connectivity index (χ0n) is 17.2. The minimum Gasteiger partial charge on any atom is -0.494 e. The van der Waals surface area contributed by atoms with Gasteiger partial charge in [0.1, 0.15) is 5.75 Å². The van der Waals surface area contributed by atoms with E-state index in [1.807, 2.05) is 12.2 Å². The van der Waals surface area contributed by atoms with E-state index in [0.29, 0.717) is 12.4 Å². The van der Waals surface area contributed by atoms with Crippen LogP contribution >= 0.6 is 0 Å². The molecule has 0 aliphatic heterocycles.